The maximum atomic E-state index is 13.7. The predicted octanol–water partition coefficient (Wildman–Crippen LogP) is 3.47. The van der Waals surface area contributed by atoms with Crippen molar-refractivity contribution >= 4 is 27.8 Å². The fourth-order valence-corrected chi connectivity index (χ4v) is 5.01. The standard InChI is InChI=1S/C27H31N3O8S/c1-6-38-21-9-7-20(8-10-21)30(39(32,33)23-12-14-25(36-4)26(16-23)37-5)18-27(31)29-28-17-19-15-22(34-2)11-13-24(19)35-3/h7-17H,6,18H2,1-5H3,(H,29,31)/b28-17-. The molecule has 12 heteroatoms. The molecule has 0 bridgehead atoms. The third-order valence-electron chi connectivity index (χ3n) is 5.50. The van der Waals surface area contributed by atoms with Crippen LogP contribution in [0, 0.1) is 0 Å². The lowest BCUT2D eigenvalue weighted by molar-refractivity contribution is -0.119. The van der Waals surface area contributed by atoms with Gasteiger partial charge in [0.1, 0.15) is 23.8 Å². The molecular weight excluding hydrogens is 526 g/mol. The maximum Gasteiger partial charge on any atom is 0.264 e. The number of hydrogen-bond acceptors (Lipinski definition) is 9. The molecule has 0 atom stereocenters. The summed E-state index contributed by atoms with van der Waals surface area (Å²) in [4.78, 5) is 12.8. The Labute approximate surface area is 227 Å². The fraction of sp³-hybridized carbons (Fsp3) is 0.259. The first-order chi connectivity index (χ1) is 18.8. The molecule has 3 aromatic rings. The van der Waals surface area contributed by atoms with E-state index >= 15 is 0 Å². The molecule has 1 amide bonds. The van der Waals surface area contributed by atoms with E-state index in [9.17, 15) is 13.2 Å². The number of amides is 1. The lowest BCUT2D eigenvalue weighted by Crippen LogP contribution is -2.39. The molecule has 0 fully saturated rings. The molecule has 11 nitrogen and oxygen atoms in total. The van der Waals surface area contributed by atoms with E-state index in [0.29, 0.717) is 35.2 Å². The van der Waals surface area contributed by atoms with Crippen molar-refractivity contribution in [2.75, 3.05) is 45.9 Å². The summed E-state index contributed by atoms with van der Waals surface area (Å²) in [5.74, 6) is 1.57. The number of nitrogens with one attached hydrogen (secondary N) is 1. The monoisotopic (exact) mass is 557 g/mol. The number of anilines is 1. The van der Waals surface area contributed by atoms with Gasteiger partial charge in [0.2, 0.25) is 0 Å². The molecular formula is C27H31N3O8S. The number of nitrogens with zero attached hydrogens (tertiary/aromatic N) is 2. The number of ether oxygens (including phenoxy) is 5. The molecule has 0 heterocycles. The number of methoxy groups -OCH3 is 4. The van der Waals surface area contributed by atoms with E-state index in [4.69, 9.17) is 23.7 Å². The van der Waals surface area contributed by atoms with Gasteiger partial charge >= 0.3 is 0 Å². The van der Waals surface area contributed by atoms with Gasteiger partial charge in [-0.25, -0.2) is 13.8 Å². The van der Waals surface area contributed by atoms with Crippen molar-refractivity contribution in [3.63, 3.8) is 0 Å². The van der Waals surface area contributed by atoms with Gasteiger partial charge in [0, 0.05) is 11.6 Å². The van der Waals surface area contributed by atoms with Crippen LogP contribution in [0.4, 0.5) is 5.69 Å². The highest BCUT2D eigenvalue weighted by Crippen LogP contribution is 2.32. The van der Waals surface area contributed by atoms with Gasteiger partial charge in [0.25, 0.3) is 15.9 Å². The average Bonchev–Trinajstić information content (AvgIpc) is 2.96. The van der Waals surface area contributed by atoms with Crippen LogP contribution in [0.3, 0.4) is 0 Å². The van der Waals surface area contributed by atoms with E-state index in [1.807, 2.05) is 6.92 Å². The van der Waals surface area contributed by atoms with Crippen LogP contribution in [-0.2, 0) is 14.8 Å². The zero-order chi connectivity index (χ0) is 28.4. The average molecular weight is 558 g/mol. The van der Waals surface area contributed by atoms with Crippen molar-refractivity contribution in [3.8, 4) is 28.7 Å². The van der Waals surface area contributed by atoms with Crippen LogP contribution in [-0.4, -0.2) is 62.1 Å². The minimum Gasteiger partial charge on any atom is -0.497 e. The molecule has 39 heavy (non-hydrogen) atoms. The van der Waals surface area contributed by atoms with Crippen LogP contribution in [0.5, 0.6) is 28.7 Å². The van der Waals surface area contributed by atoms with E-state index in [-0.39, 0.29) is 16.3 Å². The quantitative estimate of drug-likeness (QED) is 0.250. The predicted molar refractivity (Wildman–Crippen MR) is 147 cm³/mol. The van der Waals surface area contributed by atoms with Crippen molar-refractivity contribution < 1.29 is 36.9 Å². The molecule has 0 unspecified atom stereocenters. The second-order valence-corrected chi connectivity index (χ2v) is 9.72. The molecule has 0 saturated heterocycles. The molecule has 0 spiro atoms. The summed E-state index contributed by atoms with van der Waals surface area (Å²) in [6.45, 7) is 1.73. The highest BCUT2D eigenvalue weighted by Gasteiger charge is 2.28. The lowest BCUT2D eigenvalue weighted by Gasteiger charge is -2.24. The minimum atomic E-state index is -4.22. The fourth-order valence-electron chi connectivity index (χ4n) is 3.57. The van der Waals surface area contributed by atoms with Crippen molar-refractivity contribution in [1.82, 2.24) is 5.43 Å². The number of sulfonamides is 1. The van der Waals surface area contributed by atoms with Crippen LogP contribution < -0.4 is 33.4 Å². The van der Waals surface area contributed by atoms with Gasteiger partial charge in [0.05, 0.1) is 51.8 Å². The summed E-state index contributed by atoms with van der Waals surface area (Å²) < 4.78 is 54.9. The third kappa shape index (κ3) is 7.11. The number of carbonyl (C=O) groups excluding carboxylic acids is 1. The number of hydrazone groups is 1. The Bertz CT molecular complexity index is 1410. The summed E-state index contributed by atoms with van der Waals surface area (Å²) in [6.07, 6.45) is 1.38. The Kier molecular flexibility index (Phi) is 9.98. The number of rotatable bonds is 13. The van der Waals surface area contributed by atoms with Crippen LogP contribution in [0.2, 0.25) is 0 Å². The van der Waals surface area contributed by atoms with Crippen LogP contribution in [0.1, 0.15) is 12.5 Å². The van der Waals surface area contributed by atoms with Gasteiger partial charge in [-0.1, -0.05) is 0 Å². The van der Waals surface area contributed by atoms with Gasteiger partial charge in [-0.15, -0.1) is 0 Å². The largest absolute Gasteiger partial charge is 0.497 e. The van der Waals surface area contributed by atoms with E-state index < -0.39 is 22.5 Å². The molecule has 1 N–H and O–H groups in total. The smallest absolute Gasteiger partial charge is 0.264 e. The first-order valence-corrected chi connectivity index (χ1v) is 13.2. The number of carbonyl (C=O) groups is 1. The van der Waals surface area contributed by atoms with Gasteiger partial charge in [-0.05, 0) is 61.5 Å². The highest BCUT2D eigenvalue weighted by atomic mass is 32.2. The second kappa shape index (κ2) is 13.4. The third-order valence-corrected chi connectivity index (χ3v) is 7.27. The van der Waals surface area contributed by atoms with Crippen molar-refractivity contribution in [3.05, 3.63) is 66.2 Å². The molecule has 3 rings (SSSR count). The summed E-state index contributed by atoms with van der Waals surface area (Å²) in [5.41, 5.74) is 3.18. The molecule has 208 valence electrons. The van der Waals surface area contributed by atoms with Crippen LogP contribution in [0.25, 0.3) is 0 Å². The number of benzene rings is 3. The van der Waals surface area contributed by atoms with Gasteiger partial charge in [0.15, 0.2) is 11.5 Å². The van der Waals surface area contributed by atoms with E-state index in [2.05, 4.69) is 10.5 Å². The highest BCUT2D eigenvalue weighted by molar-refractivity contribution is 7.92. The zero-order valence-electron chi connectivity index (χ0n) is 22.3. The number of hydrogen-bond donors (Lipinski definition) is 1. The Balaban J connectivity index is 1.91. The first kappa shape index (κ1) is 29.1. The maximum absolute atomic E-state index is 13.7. The van der Waals surface area contributed by atoms with Crippen molar-refractivity contribution in [1.29, 1.82) is 0 Å². The van der Waals surface area contributed by atoms with Gasteiger partial charge < -0.3 is 23.7 Å². The Morgan fingerprint density at radius 3 is 2.10 bits per heavy atom. The molecule has 3 aromatic carbocycles. The zero-order valence-corrected chi connectivity index (χ0v) is 23.2. The summed E-state index contributed by atoms with van der Waals surface area (Å²) in [5, 5.41) is 3.98. The topological polar surface area (TPSA) is 125 Å². The van der Waals surface area contributed by atoms with E-state index in [0.717, 1.165) is 4.31 Å². The van der Waals surface area contributed by atoms with Crippen molar-refractivity contribution in [2.24, 2.45) is 5.10 Å². The second-order valence-electron chi connectivity index (χ2n) is 7.86. The Morgan fingerprint density at radius 2 is 1.49 bits per heavy atom. The van der Waals surface area contributed by atoms with Gasteiger partial charge in [-0.2, -0.15) is 5.10 Å². The molecule has 0 aromatic heterocycles. The SMILES string of the molecule is CCOc1ccc(N(CC(=O)N/N=C\c2cc(OC)ccc2OC)S(=O)(=O)c2ccc(OC)c(OC)c2)cc1. The Morgan fingerprint density at radius 1 is 0.846 bits per heavy atom. The summed E-state index contributed by atoms with van der Waals surface area (Å²) in [6, 6.07) is 15.7. The van der Waals surface area contributed by atoms with E-state index in [1.165, 1.54) is 52.9 Å². The molecule has 0 radical (unpaired) electrons. The van der Waals surface area contributed by atoms with Crippen molar-refractivity contribution in [2.45, 2.75) is 11.8 Å². The first-order valence-electron chi connectivity index (χ1n) is 11.8. The summed E-state index contributed by atoms with van der Waals surface area (Å²) in [7, 11) is 1.66. The lowest BCUT2D eigenvalue weighted by atomic mass is 10.2. The normalized spacial score (nSPS) is 11.1. The minimum absolute atomic E-state index is 0.0912. The van der Waals surface area contributed by atoms with Crippen LogP contribution in [0.15, 0.2) is 70.7 Å². The Hall–Kier alpha value is -4.45. The van der Waals surface area contributed by atoms with Crippen LogP contribution >= 0.6 is 0 Å². The molecule has 0 aliphatic carbocycles. The molecule has 0 saturated carbocycles. The van der Waals surface area contributed by atoms with E-state index in [1.54, 1.807) is 42.5 Å². The molecule has 0 aliphatic heterocycles. The molecule has 0 aliphatic rings. The summed E-state index contributed by atoms with van der Waals surface area (Å²) >= 11 is 0. The van der Waals surface area contributed by atoms with Gasteiger partial charge in [-0.3, -0.25) is 9.10 Å².